The number of anilines is 6. The molecule has 10 aromatic rings. The number of hydrogen-bond acceptors (Lipinski definition) is 4. The van der Waals surface area contributed by atoms with Crippen LogP contribution in [0.2, 0.25) is 0 Å². The maximum absolute atomic E-state index is 7.01. The van der Waals surface area contributed by atoms with Crippen LogP contribution in [-0.4, -0.2) is 13.4 Å². The predicted molar refractivity (Wildman–Crippen MR) is 251 cm³/mol. The second-order valence-electron chi connectivity index (χ2n) is 16.3. The van der Waals surface area contributed by atoms with Gasteiger partial charge in [0.2, 0.25) is 0 Å². The Morgan fingerprint density at radius 3 is 1.13 bits per heavy atom. The van der Waals surface area contributed by atoms with Crippen molar-refractivity contribution in [2.45, 2.75) is 0 Å². The summed E-state index contributed by atoms with van der Waals surface area (Å²) in [6.45, 7) is -0.0155. The molecule has 0 aliphatic carbocycles. The first-order valence-corrected chi connectivity index (χ1v) is 20.7. The summed E-state index contributed by atoms with van der Waals surface area (Å²) in [5.74, 6) is 3.63. The number of ether oxygens (including phenoxy) is 2. The summed E-state index contributed by atoms with van der Waals surface area (Å²) >= 11 is 0. The molecule has 0 bridgehead atoms. The third kappa shape index (κ3) is 4.27. The molecule has 0 N–H and O–H groups in total. The van der Waals surface area contributed by atoms with Gasteiger partial charge in [0.25, 0.3) is 13.4 Å². The maximum atomic E-state index is 7.01. The third-order valence-corrected chi connectivity index (χ3v) is 13.3. The van der Waals surface area contributed by atoms with Crippen molar-refractivity contribution in [1.29, 1.82) is 0 Å². The monoisotopic (exact) mass is 762 g/mol. The third-order valence-electron chi connectivity index (χ3n) is 13.3. The lowest BCUT2D eigenvalue weighted by atomic mass is 9.34. The van der Waals surface area contributed by atoms with Crippen molar-refractivity contribution in [1.82, 2.24) is 0 Å². The minimum atomic E-state index is -0.00776. The van der Waals surface area contributed by atoms with Crippen LogP contribution in [0.1, 0.15) is 0 Å². The molecule has 276 valence electrons. The maximum Gasteiger partial charge on any atom is 0.256 e. The number of nitrogens with zero attached hydrogens (tertiary/aromatic N) is 2. The first-order valence-electron chi connectivity index (χ1n) is 20.7. The average molecular weight is 762 g/mol. The minimum absolute atomic E-state index is 0.00776. The average Bonchev–Trinajstić information content (AvgIpc) is 3.31. The van der Waals surface area contributed by atoms with Gasteiger partial charge >= 0.3 is 0 Å². The topological polar surface area (TPSA) is 24.9 Å². The standard InChI is InChI=1S/C54H32B2N2O2/c1-3-15-33(16-4-1)57-45-23-11-9-21-41(45)55-43-29-37-38-30-44-52(32-40(38)36-20-8-7-19-35(36)39(37)31-51(43)59-49-27-13-25-47(57)53(49)55)60-50-28-14-26-48-54(50)56(44)42-22-10-12-24-46(42)58(48)34-17-5-2-6-18-34/h1-32H. The molecule has 0 unspecified atom stereocenters. The van der Waals surface area contributed by atoms with Gasteiger partial charge in [-0.2, -0.15) is 0 Å². The Kier molecular flexibility index (Phi) is 6.42. The zero-order valence-electron chi connectivity index (χ0n) is 32.3. The van der Waals surface area contributed by atoms with E-state index in [0.29, 0.717) is 0 Å². The fourth-order valence-corrected chi connectivity index (χ4v) is 10.9. The Morgan fingerprint density at radius 2 is 0.667 bits per heavy atom. The number of fused-ring (bicyclic) bond motifs is 14. The van der Waals surface area contributed by atoms with E-state index < -0.39 is 0 Å². The van der Waals surface area contributed by atoms with Gasteiger partial charge in [0.05, 0.1) is 0 Å². The lowest BCUT2D eigenvalue weighted by Gasteiger charge is -2.40. The number of rotatable bonds is 2. The lowest BCUT2D eigenvalue weighted by molar-refractivity contribution is 0.488. The molecular formula is C54H32B2N2O2. The van der Waals surface area contributed by atoms with Crippen molar-refractivity contribution in [3.05, 3.63) is 194 Å². The quantitative estimate of drug-likeness (QED) is 0.129. The van der Waals surface area contributed by atoms with Gasteiger partial charge in [-0.1, -0.05) is 121 Å². The molecule has 10 aromatic carbocycles. The van der Waals surface area contributed by atoms with Crippen LogP contribution in [0.25, 0.3) is 32.3 Å². The fraction of sp³-hybridized carbons (Fsp3) is 0. The molecule has 0 fully saturated rings. The smallest absolute Gasteiger partial charge is 0.256 e. The van der Waals surface area contributed by atoms with Crippen LogP contribution in [0.4, 0.5) is 34.1 Å². The normalized spacial score (nSPS) is 13.8. The molecule has 6 heteroatoms. The molecule has 4 aliphatic heterocycles. The molecule has 0 aromatic heterocycles. The highest BCUT2D eigenvalue weighted by atomic mass is 16.5. The summed E-state index contributed by atoms with van der Waals surface area (Å²) in [7, 11) is 0. The van der Waals surface area contributed by atoms with Crippen molar-refractivity contribution < 1.29 is 9.47 Å². The summed E-state index contributed by atoms with van der Waals surface area (Å²) in [5, 5.41) is 7.20. The van der Waals surface area contributed by atoms with Gasteiger partial charge in [0.1, 0.15) is 23.0 Å². The van der Waals surface area contributed by atoms with E-state index in [9.17, 15) is 0 Å². The molecule has 0 radical (unpaired) electrons. The highest BCUT2D eigenvalue weighted by Crippen LogP contribution is 2.45. The Bertz CT molecular complexity index is 3250. The van der Waals surface area contributed by atoms with Crippen LogP contribution in [0.3, 0.4) is 0 Å². The fourth-order valence-electron chi connectivity index (χ4n) is 10.9. The van der Waals surface area contributed by atoms with Crippen molar-refractivity contribution in [2.24, 2.45) is 0 Å². The number of para-hydroxylation sites is 4. The van der Waals surface area contributed by atoms with Crippen LogP contribution in [0.5, 0.6) is 23.0 Å². The van der Waals surface area contributed by atoms with Gasteiger partial charge in [-0.05, 0) is 138 Å². The molecule has 4 nitrogen and oxygen atoms in total. The van der Waals surface area contributed by atoms with Crippen molar-refractivity contribution in [2.75, 3.05) is 9.80 Å². The Balaban J connectivity index is 1.04. The van der Waals surface area contributed by atoms with Crippen LogP contribution >= 0.6 is 0 Å². The van der Waals surface area contributed by atoms with Crippen LogP contribution < -0.4 is 52.1 Å². The van der Waals surface area contributed by atoms with Gasteiger partial charge < -0.3 is 19.3 Å². The minimum Gasteiger partial charge on any atom is -0.458 e. The molecule has 60 heavy (non-hydrogen) atoms. The zero-order valence-corrected chi connectivity index (χ0v) is 32.3. The van der Waals surface area contributed by atoms with Crippen molar-refractivity contribution >= 4 is 113 Å². The zero-order chi connectivity index (χ0) is 39.1. The molecule has 4 heterocycles. The van der Waals surface area contributed by atoms with Crippen LogP contribution in [-0.2, 0) is 0 Å². The molecular weight excluding hydrogens is 730 g/mol. The van der Waals surface area contributed by atoms with Gasteiger partial charge in [-0.15, -0.1) is 0 Å². The molecule has 14 rings (SSSR count). The Morgan fingerprint density at radius 1 is 0.283 bits per heavy atom. The summed E-state index contributed by atoms with van der Waals surface area (Å²) in [4.78, 5) is 4.78. The Hall–Kier alpha value is -7.69. The predicted octanol–water partition coefficient (Wildman–Crippen LogP) is 9.96. The molecule has 0 saturated carbocycles. The summed E-state index contributed by atoms with van der Waals surface area (Å²) in [6, 6.07) is 70.5. The van der Waals surface area contributed by atoms with E-state index in [1.54, 1.807) is 0 Å². The van der Waals surface area contributed by atoms with E-state index in [2.05, 4.69) is 204 Å². The molecule has 0 amide bonds. The molecule has 4 aliphatic rings. The van der Waals surface area contributed by atoms with Gasteiger partial charge in [0.15, 0.2) is 0 Å². The van der Waals surface area contributed by atoms with Gasteiger partial charge in [0, 0.05) is 34.1 Å². The van der Waals surface area contributed by atoms with Crippen molar-refractivity contribution in [3.8, 4) is 23.0 Å². The first-order chi connectivity index (χ1) is 29.8. The van der Waals surface area contributed by atoms with Crippen LogP contribution in [0.15, 0.2) is 194 Å². The van der Waals surface area contributed by atoms with Crippen molar-refractivity contribution in [3.63, 3.8) is 0 Å². The molecule has 0 spiro atoms. The van der Waals surface area contributed by atoms with E-state index in [1.807, 2.05) is 0 Å². The highest BCUT2D eigenvalue weighted by Gasteiger charge is 2.44. The Labute approximate surface area is 347 Å². The van der Waals surface area contributed by atoms with E-state index in [4.69, 9.17) is 9.47 Å². The molecule has 0 saturated heterocycles. The SMILES string of the molecule is c1ccc(N2c3ccccc3B3c4cc5c(cc4Oc4cccc2c43)c2ccccc2c2cc3c(cc25)B2c4ccccc4N(c4ccccc4)c4cccc(c42)O3)cc1. The number of benzene rings is 10. The number of hydrogen-bond donors (Lipinski definition) is 0. The summed E-state index contributed by atoms with van der Waals surface area (Å²) in [5.41, 5.74) is 14.3. The molecule has 0 atom stereocenters. The van der Waals surface area contributed by atoms with E-state index in [-0.39, 0.29) is 13.4 Å². The van der Waals surface area contributed by atoms with E-state index in [1.165, 1.54) is 76.5 Å². The summed E-state index contributed by atoms with van der Waals surface area (Å²) in [6.07, 6.45) is 0. The largest absolute Gasteiger partial charge is 0.458 e. The van der Waals surface area contributed by atoms with Crippen LogP contribution in [0, 0.1) is 0 Å². The second-order valence-corrected chi connectivity index (χ2v) is 16.3. The highest BCUT2D eigenvalue weighted by molar-refractivity contribution is 7.00. The first kappa shape index (κ1) is 32.3. The van der Waals surface area contributed by atoms with Gasteiger partial charge in [-0.3, -0.25) is 0 Å². The lowest BCUT2D eigenvalue weighted by Crippen LogP contribution is -2.59. The van der Waals surface area contributed by atoms with E-state index in [0.717, 1.165) is 45.7 Å². The summed E-state index contributed by atoms with van der Waals surface area (Å²) < 4.78 is 14.0. The van der Waals surface area contributed by atoms with Gasteiger partial charge in [-0.25, -0.2) is 0 Å². The second kappa shape index (κ2) is 11.9. The van der Waals surface area contributed by atoms with E-state index >= 15 is 0 Å².